The molecular weight excluding hydrogens is 268 g/mol. The van der Waals surface area contributed by atoms with E-state index in [1.54, 1.807) is 19.1 Å². The first kappa shape index (κ1) is 15.3. The van der Waals surface area contributed by atoms with Crippen LogP contribution in [-0.2, 0) is 4.79 Å². The summed E-state index contributed by atoms with van der Waals surface area (Å²) in [6.45, 7) is 6.22. The zero-order valence-corrected chi connectivity index (χ0v) is 12.7. The molecular formula is C15H22N4O2. The molecule has 0 aromatic carbocycles. The number of nitrogens with one attached hydrogen (secondary N) is 3. The number of aromatic nitrogens is 1. The summed E-state index contributed by atoms with van der Waals surface area (Å²) >= 11 is 0. The lowest BCUT2D eigenvalue weighted by atomic mass is 10.2. The molecule has 2 rings (SSSR count). The van der Waals surface area contributed by atoms with Crippen LogP contribution >= 0.6 is 0 Å². The molecule has 2 amide bonds. The number of nitrogens with zero attached hydrogens (tertiary/aromatic N) is 1. The normalized spacial score (nSPS) is 15.2. The lowest BCUT2D eigenvalue weighted by Gasteiger charge is -2.14. The molecule has 3 N–H and O–H groups in total. The molecule has 21 heavy (non-hydrogen) atoms. The highest BCUT2D eigenvalue weighted by Crippen LogP contribution is 2.18. The highest BCUT2D eigenvalue weighted by molar-refractivity contribution is 5.98. The fraction of sp³-hybridized carbons (Fsp3) is 0.533. The number of rotatable bonds is 6. The Morgan fingerprint density at radius 3 is 2.71 bits per heavy atom. The van der Waals surface area contributed by atoms with Crippen LogP contribution in [0.25, 0.3) is 0 Å². The first-order valence-corrected chi connectivity index (χ1v) is 7.33. The largest absolute Gasteiger partial charge is 0.370 e. The second-order valence-corrected chi connectivity index (χ2v) is 5.39. The number of carbonyl (C=O) groups excluding carboxylic acids is 2. The highest BCUT2D eigenvalue weighted by atomic mass is 16.2. The SMILES string of the molecule is CCNc1cc(C(=O)NC(C)C(=O)NC2CC2)cc(C)n1. The summed E-state index contributed by atoms with van der Waals surface area (Å²) < 4.78 is 0. The molecule has 0 bridgehead atoms. The maximum Gasteiger partial charge on any atom is 0.252 e. The van der Waals surface area contributed by atoms with Crippen molar-refractivity contribution >= 4 is 17.6 Å². The molecule has 1 aromatic rings. The summed E-state index contributed by atoms with van der Waals surface area (Å²) in [5, 5.41) is 8.68. The third-order valence-corrected chi connectivity index (χ3v) is 3.24. The fourth-order valence-corrected chi connectivity index (χ4v) is 1.97. The number of hydrogen-bond acceptors (Lipinski definition) is 4. The Hall–Kier alpha value is -2.11. The Balaban J connectivity index is 1.99. The second-order valence-electron chi connectivity index (χ2n) is 5.39. The average molecular weight is 290 g/mol. The minimum Gasteiger partial charge on any atom is -0.370 e. The van der Waals surface area contributed by atoms with Gasteiger partial charge in [-0.05, 0) is 45.7 Å². The number of carbonyl (C=O) groups is 2. The summed E-state index contributed by atoms with van der Waals surface area (Å²) in [5.41, 5.74) is 1.26. The zero-order chi connectivity index (χ0) is 15.4. The molecule has 1 fully saturated rings. The van der Waals surface area contributed by atoms with Crippen LogP contribution in [0.2, 0.25) is 0 Å². The average Bonchev–Trinajstić information content (AvgIpc) is 3.22. The monoisotopic (exact) mass is 290 g/mol. The van der Waals surface area contributed by atoms with Crippen molar-refractivity contribution < 1.29 is 9.59 Å². The number of aryl methyl sites for hydroxylation is 1. The molecule has 6 nitrogen and oxygen atoms in total. The standard InChI is InChI=1S/C15H22N4O2/c1-4-16-13-8-11(7-9(2)17-13)15(21)18-10(3)14(20)19-12-5-6-12/h7-8,10,12H,4-6H2,1-3H3,(H,16,17)(H,18,21)(H,19,20). The quantitative estimate of drug-likeness (QED) is 0.735. The van der Waals surface area contributed by atoms with Crippen molar-refractivity contribution in [2.75, 3.05) is 11.9 Å². The van der Waals surface area contributed by atoms with E-state index in [1.165, 1.54) is 0 Å². The summed E-state index contributed by atoms with van der Waals surface area (Å²) in [6.07, 6.45) is 2.06. The van der Waals surface area contributed by atoms with E-state index in [0.29, 0.717) is 17.4 Å². The van der Waals surface area contributed by atoms with Crippen molar-refractivity contribution in [3.05, 3.63) is 23.4 Å². The van der Waals surface area contributed by atoms with Crippen LogP contribution in [0.15, 0.2) is 12.1 Å². The van der Waals surface area contributed by atoms with Crippen LogP contribution < -0.4 is 16.0 Å². The van der Waals surface area contributed by atoms with Crippen LogP contribution in [0, 0.1) is 6.92 Å². The molecule has 1 unspecified atom stereocenters. The van der Waals surface area contributed by atoms with Crippen molar-refractivity contribution in [2.45, 2.75) is 45.7 Å². The maximum absolute atomic E-state index is 12.2. The molecule has 6 heteroatoms. The van der Waals surface area contributed by atoms with Gasteiger partial charge in [0.25, 0.3) is 5.91 Å². The molecule has 1 saturated carbocycles. The molecule has 114 valence electrons. The van der Waals surface area contributed by atoms with E-state index in [4.69, 9.17) is 0 Å². The van der Waals surface area contributed by atoms with Gasteiger partial charge in [-0.15, -0.1) is 0 Å². The molecule has 0 radical (unpaired) electrons. The summed E-state index contributed by atoms with van der Waals surface area (Å²) in [6, 6.07) is 3.15. The summed E-state index contributed by atoms with van der Waals surface area (Å²) in [5.74, 6) is 0.263. The Kier molecular flexibility index (Phi) is 4.77. The van der Waals surface area contributed by atoms with Crippen molar-refractivity contribution in [3.8, 4) is 0 Å². The smallest absolute Gasteiger partial charge is 0.252 e. The van der Waals surface area contributed by atoms with Gasteiger partial charge in [0.05, 0.1) is 0 Å². The lowest BCUT2D eigenvalue weighted by molar-refractivity contribution is -0.122. The highest BCUT2D eigenvalue weighted by Gasteiger charge is 2.26. The van der Waals surface area contributed by atoms with Gasteiger partial charge in [0.15, 0.2) is 0 Å². The molecule has 1 atom stereocenters. The Labute approximate surface area is 124 Å². The minimum absolute atomic E-state index is 0.136. The van der Waals surface area contributed by atoms with Gasteiger partial charge in [0, 0.05) is 23.8 Å². The van der Waals surface area contributed by atoms with Gasteiger partial charge in [-0.2, -0.15) is 0 Å². The molecule has 1 heterocycles. The van der Waals surface area contributed by atoms with Gasteiger partial charge in [0.1, 0.15) is 11.9 Å². The van der Waals surface area contributed by atoms with E-state index in [1.807, 2.05) is 13.8 Å². The number of pyridine rings is 1. The van der Waals surface area contributed by atoms with E-state index in [-0.39, 0.29) is 11.8 Å². The van der Waals surface area contributed by atoms with Crippen LogP contribution in [0.5, 0.6) is 0 Å². The first-order chi connectivity index (χ1) is 9.99. The molecule has 0 saturated heterocycles. The topological polar surface area (TPSA) is 83.1 Å². The van der Waals surface area contributed by atoms with Gasteiger partial charge in [-0.25, -0.2) is 4.98 Å². The van der Waals surface area contributed by atoms with E-state index < -0.39 is 6.04 Å². The minimum atomic E-state index is -0.547. The summed E-state index contributed by atoms with van der Waals surface area (Å²) in [4.78, 5) is 28.4. The predicted octanol–water partition coefficient (Wildman–Crippen LogP) is 1.22. The van der Waals surface area contributed by atoms with Crippen molar-refractivity contribution in [2.24, 2.45) is 0 Å². The predicted molar refractivity (Wildman–Crippen MR) is 81.2 cm³/mol. The van der Waals surface area contributed by atoms with Crippen molar-refractivity contribution in [1.29, 1.82) is 0 Å². The zero-order valence-electron chi connectivity index (χ0n) is 12.7. The molecule has 1 aliphatic carbocycles. The third-order valence-electron chi connectivity index (χ3n) is 3.24. The lowest BCUT2D eigenvalue weighted by Crippen LogP contribution is -2.45. The summed E-state index contributed by atoms with van der Waals surface area (Å²) in [7, 11) is 0. The Morgan fingerprint density at radius 1 is 1.38 bits per heavy atom. The first-order valence-electron chi connectivity index (χ1n) is 7.33. The van der Waals surface area contributed by atoms with Crippen LogP contribution in [0.4, 0.5) is 5.82 Å². The van der Waals surface area contributed by atoms with Gasteiger partial charge in [0.2, 0.25) is 5.91 Å². The molecule has 1 aromatic heterocycles. The Bertz CT molecular complexity index is 540. The van der Waals surface area contributed by atoms with E-state index in [0.717, 1.165) is 25.1 Å². The molecule has 0 aliphatic heterocycles. The number of anilines is 1. The molecule has 0 spiro atoms. The Morgan fingerprint density at radius 2 is 2.10 bits per heavy atom. The van der Waals surface area contributed by atoms with Crippen LogP contribution in [0.1, 0.15) is 42.7 Å². The van der Waals surface area contributed by atoms with Gasteiger partial charge in [-0.3, -0.25) is 9.59 Å². The van der Waals surface area contributed by atoms with E-state index in [2.05, 4.69) is 20.9 Å². The van der Waals surface area contributed by atoms with Crippen LogP contribution in [0.3, 0.4) is 0 Å². The van der Waals surface area contributed by atoms with Crippen molar-refractivity contribution in [3.63, 3.8) is 0 Å². The van der Waals surface area contributed by atoms with Gasteiger partial charge in [-0.1, -0.05) is 0 Å². The van der Waals surface area contributed by atoms with Gasteiger partial charge < -0.3 is 16.0 Å². The fourth-order valence-electron chi connectivity index (χ4n) is 1.97. The van der Waals surface area contributed by atoms with Crippen LogP contribution in [-0.4, -0.2) is 35.4 Å². The maximum atomic E-state index is 12.2. The molecule has 1 aliphatic rings. The van der Waals surface area contributed by atoms with E-state index in [9.17, 15) is 9.59 Å². The third kappa shape index (κ3) is 4.44. The van der Waals surface area contributed by atoms with E-state index >= 15 is 0 Å². The number of amides is 2. The van der Waals surface area contributed by atoms with Crippen molar-refractivity contribution in [1.82, 2.24) is 15.6 Å². The van der Waals surface area contributed by atoms with Gasteiger partial charge >= 0.3 is 0 Å². The number of hydrogen-bond donors (Lipinski definition) is 3. The second kappa shape index (κ2) is 6.56.